The first kappa shape index (κ1) is 10.9. The summed E-state index contributed by atoms with van der Waals surface area (Å²) in [4.78, 5) is 4.59. The molecule has 1 aromatic carbocycles. The maximum atomic E-state index is 8.78. The van der Waals surface area contributed by atoms with E-state index in [0.717, 1.165) is 5.56 Å². The molecule has 1 aliphatic rings. The third-order valence-electron chi connectivity index (χ3n) is 3.02. The van der Waals surface area contributed by atoms with Crippen molar-refractivity contribution in [1.29, 1.82) is 5.26 Å². The Hall–Kier alpha value is -1.62. The molecule has 0 aromatic heterocycles. The van der Waals surface area contributed by atoms with Gasteiger partial charge in [0.2, 0.25) is 0 Å². The summed E-state index contributed by atoms with van der Waals surface area (Å²) >= 11 is 0. The van der Waals surface area contributed by atoms with Crippen molar-refractivity contribution in [3.05, 3.63) is 35.4 Å². The summed E-state index contributed by atoms with van der Waals surface area (Å²) in [5.41, 5.74) is 1.73. The maximum Gasteiger partial charge on any atom is 0.0991 e. The molecule has 1 fully saturated rings. The Balaban J connectivity index is 2.02. The molecule has 16 heavy (non-hydrogen) atoms. The van der Waals surface area contributed by atoms with Crippen LogP contribution >= 0.6 is 0 Å². The zero-order valence-electron chi connectivity index (χ0n) is 9.39. The summed E-state index contributed by atoms with van der Waals surface area (Å²) in [7, 11) is 0. The predicted molar refractivity (Wildman–Crippen MR) is 65.6 cm³/mol. The lowest BCUT2D eigenvalue weighted by atomic mass is 9.96. The monoisotopic (exact) mass is 212 g/mol. The van der Waals surface area contributed by atoms with Crippen LogP contribution in [0.2, 0.25) is 0 Å². The minimum absolute atomic E-state index is 0.500. The fraction of sp³-hybridized carbons (Fsp3) is 0.429. The molecule has 2 heteroatoms. The van der Waals surface area contributed by atoms with Gasteiger partial charge in [-0.2, -0.15) is 5.26 Å². The average molecular weight is 212 g/mol. The van der Waals surface area contributed by atoms with Crippen LogP contribution in [0.1, 0.15) is 43.2 Å². The van der Waals surface area contributed by atoms with Crippen molar-refractivity contribution < 1.29 is 0 Å². The fourth-order valence-corrected chi connectivity index (χ4v) is 2.11. The van der Waals surface area contributed by atoms with Crippen LogP contribution in [0, 0.1) is 11.3 Å². The molecule has 0 saturated heterocycles. The Labute approximate surface area is 96.6 Å². The van der Waals surface area contributed by atoms with Crippen LogP contribution < -0.4 is 0 Å². The van der Waals surface area contributed by atoms with E-state index in [1.807, 2.05) is 30.5 Å². The zero-order valence-corrected chi connectivity index (χ0v) is 9.39. The van der Waals surface area contributed by atoms with Gasteiger partial charge in [0.1, 0.15) is 0 Å². The smallest absolute Gasteiger partial charge is 0.0991 e. The van der Waals surface area contributed by atoms with Crippen LogP contribution in [0.4, 0.5) is 0 Å². The van der Waals surface area contributed by atoms with Gasteiger partial charge in [-0.1, -0.05) is 31.4 Å². The summed E-state index contributed by atoms with van der Waals surface area (Å²) < 4.78 is 0. The lowest BCUT2D eigenvalue weighted by Gasteiger charge is -2.17. The topological polar surface area (TPSA) is 36.1 Å². The quantitative estimate of drug-likeness (QED) is 0.693. The third-order valence-corrected chi connectivity index (χ3v) is 3.02. The number of rotatable bonds is 2. The Morgan fingerprint density at radius 2 is 2.06 bits per heavy atom. The van der Waals surface area contributed by atoms with E-state index >= 15 is 0 Å². The average Bonchev–Trinajstić information content (AvgIpc) is 2.38. The lowest BCUT2D eigenvalue weighted by molar-refractivity contribution is 0.444. The van der Waals surface area contributed by atoms with Gasteiger partial charge in [0, 0.05) is 12.3 Å². The molecular weight excluding hydrogens is 196 g/mol. The van der Waals surface area contributed by atoms with Crippen LogP contribution in [0.25, 0.3) is 0 Å². The molecule has 1 aliphatic carbocycles. The molecule has 2 nitrogen and oxygen atoms in total. The summed E-state index contributed by atoms with van der Waals surface area (Å²) in [6.45, 7) is 0. The molecule has 0 bridgehead atoms. The molecule has 0 atom stereocenters. The summed E-state index contributed by atoms with van der Waals surface area (Å²) in [5, 5.41) is 8.78. The van der Waals surface area contributed by atoms with E-state index < -0.39 is 0 Å². The normalized spacial score (nSPS) is 17.4. The first-order valence-electron chi connectivity index (χ1n) is 5.92. The van der Waals surface area contributed by atoms with Crippen molar-refractivity contribution in [3.8, 4) is 6.07 Å². The Morgan fingerprint density at radius 3 is 2.81 bits per heavy atom. The molecule has 0 radical (unpaired) electrons. The van der Waals surface area contributed by atoms with Crippen molar-refractivity contribution in [1.82, 2.24) is 0 Å². The maximum absolute atomic E-state index is 8.78. The minimum atomic E-state index is 0.500. The molecule has 1 saturated carbocycles. The van der Waals surface area contributed by atoms with Crippen molar-refractivity contribution >= 4 is 6.21 Å². The van der Waals surface area contributed by atoms with Crippen molar-refractivity contribution in [3.63, 3.8) is 0 Å². The number of benzene rings is 1. The molecule has 2 rings (SSSR count). The molecule has 0 aliphatic heterocycles. The van der Waals surface area contributed by atoms with Gasteiger partial charge in [0.15, 0.2) is 0 Å². The molecule has 0 amide bonds. The number of nitriles is 1. The SMILES string of the molecule is N#Cc1cccc(/C=N/C2CCCCC2)c1. The van der Waals surface area contributed by atoms with Crippen molar-refractivity contribution in [2.75, 3.05) is 0 Å². The van der Waals surface area contributed by atoms with Gasteiger partial charge in [-0.15, -0.1) is 0 Å². The molecule has 0 unspecified atom stereocenters. The largest absolute Gasteiger partial charge is 0.289 e. The second-order valence-corrected chi connectivity index (χ2v) is 4.31. The van der Waals surface area contributed by atoms with Gasteiger partial charge in [0.25, 0.3) is 0 Å². The molecule has 0 N–H and O–H groups in total. The molecule has 82 valence electrons. The van der Waals surface area contributed by atoms with E-state index in [1.54, 1.807) is 0 Å². The van der Waals surface area contributed by atoms with E-state index in [-0.39, 0.29) is 0 Å². The standard InChI is InChI=1S/C14H16N2/c15-10-12-5-4-6-13(9-12)11-16-14-7-2-1-3-8-14/h4-6,9,11,14H,1-3,7-8H2/b16-11+. The molecular formula is C14H16N2. The number of aliphatic imine (C=N–C) groups is 1. The second kappa shape index (κ2) is 5.46. The van der Waals surface area contributed by atoms with Crippen LogP contribution in [0.15, 0.2) is 29.3 Å². The molecule has 0 heterocycles. The highest BCUT2D eigenvalue weighted by molar-refractivity contribution is 5.80. The Bertz CT molecular complexity index is 409. The lowest BCUT2D eigenvalue weighted by Crippen LogP contribution is -2.09. The third kappa shape index (κ3) is 2.93. The summed E-state index contributed by atoms with van der Waals surface area (Å²) in [6.07, 6.45) is 8.32. The summed E-state index contributed by atoms with van der Waals surface area (Å²) in [6, 6.07) is 10.2. The van der Waals surface area contributed by atoms with Crippen molar-refractivity contribution in [2.45, 2.75) is 38.1 Å². The van der Waals surface area contributed by atoms with Gasteiger partial charge < -0.3 is 0 Å². The van der Waals surface area contributed by atoms with Crippen LogP contribution in [-0.2, 0) is 0 Å². The van der Waals surface area contributed by atoms with Gasteiger partial charge in [-0.25, -0.2) is 0 Å². The highest BCUT2D eigenvalue weighted by Gasteiger charge is 2.10. The zero-order chi connectivity index (χ0) is 11.2. The van der Waals surface area contributed by atoms with E-state index in [1.165, 1.54) is 32.1 Å². The van der Waals surface area contributed by atoms with Crippen LogP contribution in [-0.4, -0.2) is 12.3 Å². The Morgan fingerprint density at radius 1 is 1.25 bits per heavy atom. The number of hydrogen-bond donors (Lipinski definition) is 0. The number of hydrogen-bond acceptors (Lipinski definition) is 2. The van der Waals surface area contributed by atoms with Gasteiger partial charge in [-0.05, 0) is 30.5 Å². The Kier molecular flexibility index (Phi) is 3.71. The highest BCUT2D eigenvalue weighted by Crippen LogP contribution is 2.20. The fourth-order valence-electron chi connectivity index (χ4n) is 2.11. The van der Waals surface area contributed by atoms with Gasteiger partial charge >= 0.3 is 0 Å². The van der Waals surface area contributed by atoms with E-state index in [0.29, 0.717) is 11.6 Å². The summed E-state index contributed by atoms with van der Waals surface area (Å²) in [5.74, 6) is 0. The van der Waals surface area contributed by atoms with E-state index in [9.17, 15) is 0 Å². The van der Waals surface area contributed by atoms with E-state index in [4.69, 9.17) is 5.26 Å². The van der Waals surface area contributed by atoms with Gasteiger partial charge in [-0.3, -0.25) is 4.99 Å². The first-order chi connectivity index (χ1) is 7.88. The second-order valence-electron chi connectivity index (χ2n) is 4.31. The van der Waals surface area contributed by atoms with Gasteiger partial charge in [0.05, 0.1) is 11.6 Å². The van der Waals surface area contributed by atoms with E-state index in [2.05, 4.69) is 11.1 Å². The number of nitrogens with zero attached hydrogens (tertiary/aromatic N) is 2. The van der Waals surface area contributed by atoms with Crippen LogP contribution in [0.5, 0.6) is 0 Å². The van der Waals surface area contributed by atoms with Crippen molar-refractivity contribution in [2.24, 2.45) is 4.99 Å². The van der Waals surface area contributed by atoms with Crippen LogP contribution in [0.3, 0.4) is 0 Å². The first-order valence-corrected chi connectivity index (χ1v) is 5.92. The molecule has 1 aromatic rings. The highest BCUT2D eigenvalue weighted by atomic mass is 14.8. The minimum Gasteiger partial charge on any atom is -0.289 e. The molecule has 0 spiro atoms. The predicted octanol–water partition coefficient (Wildman–Crippen LogP) is 3.31.